The number of carbonyl (C=O) groups is 1. The topological polar surface area (TPSA) is 20.3 Å². The van der Waals surface area contributed by atoms with E-state index in [1.807, 2.05) is 35.2 Å². The molecule has 128 valence electrons. The van der Waals surface area contributed by atoms with Crippen LogP contribution in [0, 0.1) is 0 Å². The quantitative estimate of drug-likeness (QED) is 0.638. The summed E-state index contributed by atoms with van der Waals surface area (Å²) in [5, 5.41) is 5.08. The zero-order valence-electron chi connectivity index (χ0n) is 14.1. The van der Waals surface area contributed by atoms with Gasteiger partial charge in [0, 0.05) is 29.0 Å². The Morgan fingerprint density at radius 3 is 2.80 bits per heavy atom. The smallest absolute Gasteiger partial charge is 0.227 e. The van der Waals surface area contributed by atoms with Crippen molar-refractivity contribution in [2.75, 3.05) is 18.8 Å². The molecule has 3 aromatic rings. The van der Waals surface area contributed by atoms with Gasteiger partial charge in [0.25, 0.3) is 0 Å². The molecule has 0 aliphatic carbocycles. The highest BCUT2D eigenvalue weighted by Crippen LogP contribution is 2.36. The summed E-state index contributed by atoms with van der Waals surface area (Å²) >= 11 is 3.82. The number of hydrogen-bond donors (Lipinski definition) is 0. The lowest BCUT2D eigenvalue weighted by Crippen LogP contribution is -2.34. The van der Waals surface area contributed by atoms with E-state index in [4.69, 9.17) is 0 Å². The van der Waals surface area contributed by atoms with E-state index in [1.54, 1.807) is 0 Å². The summed E-state index contributed by atoms with van der Waals surface area (Å²) < 4.78 is 0. The Balaban J connectivity index is 1.46. The number of nitrogens with zero attached hydrogens (tertiary/aromatic N) is 1. The number of hydrogen-bond acceptors (Lipinski definition) is 3. The van der Waals surface area contributed by atoms with Gasteiger partial charge in [-0.2, -0.15) is 11.8 Å². The molecule has 1 fully saturated rings. The first-order valence-corrected chi connectivity index (χ1v) is 10.6. The molecule has 2 nitrogen and oxygen atoms in total. The van der Waals surface area contributed by atoms with Crippen LogP contribution in [-0.2, 0) is 11.2 Å². The first kappa shape index (κ1) is 16.7. The summed E-state index contributed by atoms with van der Waals surface area (Å²) in [6.45, 7) is 1.72. The van der Waals surface area contributed by atoms with E-state index in [0.29, 0.717) is 11.7 Å². The van der Waals surface area contributed by atoms with Crippen molar-refractivity contribution in [2.45, 2.75) is 18.1 Å². The Morgan fingerprint density at radius 1 is 1.04 bits per heavy atom. The molecule has 2 aromatic carbocycles. The van der Waals surface area contributed by atoms with Gasteiger partial charge in [0.2, 0.25) is 5.91 Å². The summed E-state index contributed by atoms with van der Waals surface area (Å²) in [4.78, 5) is 16.4. The van der Waals surface area contributed by atoms with E-state index in [9.17, 15) is 4.79 Å². The average Bonchev–Trinajstić information content (AvgIpc) is 3.06. The fraction of sp³-hybridized carbons (Fsp3) is 0.286. The van der Waals surface area contributed by atoms with Crippen molar-refractivity contribution in [1.82, 2.24) is 4.90 Å². The molecule has 25 heavy (non-hydrogen) atoms. The van der Waals surface area contributed by atoms with Crippen molar-refractivity contribution < 1.29 is 4.79 Å². The Morgan fingerprint density at radius 2 is 1.92 bits per heavy atom. The molecule has 0 spiro atoms. The zero-order valence-corrected chi connectivity index (χ0v) is 15.7. The van der Waals surface area contributed by atoms with Gasteiger partial charge >= 0.3 is 0 Å². The van der Waals surface area contributed by atoms with Crippen LogP contribution < -0.4 is 0 Å². The molecule has 0 bridgehead atoms. The summed E-state index contributed by atoms with van der Waals surface area (Å²) in [7, 11) is 0. The van der Waals surface area contributed by atoms with E-state index in [2.05, 4.69) is 52.7 Å². The molecule has 1 atom stereocenters. The first-order valence-electron chi connectivity index (χ1n) is 8.71. The molecule has 4 heteroatoms. The molecule has 0 N–H and O–H groups in total. The summed E-state index contributed by atoms with van der Waals surface area (Å²) in [5.41, 5.74) is 1.13. The summed E-state index contributed by atoms with van der Waals surface area (Å²) in [6, 6.07) is 18.9. The fourth-order valence-corrected chi connectivity index (χ4v) is 5.68. The van der Waals surface area contributed by atoms with Crippen LogP contribution in [0.3, 0.4) is 0 Å². The molecule has 1 aliphatic rings. The van der Waals surface area contributed by atoms with Gasteiger partial charge in [-0.25, -0.2) is 0 Å². The third-order valence-corrected chi connectivity index (χ3v) is 7.22. The second-order valence-corrected chi connectivity index (χ2v) is 8.65. The largest absolute Gasteiger partial charge is 0.342 e. The van der Waals surface area contributed by atoms with Crippen molar-refractivity contribution in [3.05, 3.63) is 70.4 Å². The second kappa shape index (κ2) is 7.63. The normalized spacial score (nSPS) is 18.2. The molecule has 4 rings (SSSR count). The number of carbonyl (C=O) groups excluding carboxylic acids is 1. The lowest BCUT2D eigenvalue weighted by atomic mass is 10.0. The minimum atomic E-state index is 0.254. The predicted molar refractivity (Wildman–Crippen MR) is 108 cm³/mol. The molecule has 0 radical (unpaired) electrons. The van der Waals surface area contributed by atoms with Gasteiger partial charge < -0.3 is 4.90 Å². The Bertz CT molecular complexity index is 854. The fourth-order valence-electron chi connectivity index (χ4n) is 3.44. The third-order valence-electron chi connectivity index (χ3n) is 4.78. The van der Waals surface area contributed by atoms with Gasteiger partial charge in [0.1, 0.15) is 0 Å². The van der Waals surface area contributed by atoms with Crippen LogP contribution in [0.4, 0.5) is 0 Å². The van der Waals surface area contributed by atoms with E-state index in [0.717, 1.165) is 30.8 Å². The van der Waals surface area contributed by atoms with Gasteiger partial charge in [-0.15, -0.1) is 11.3 Å². The average molecular weight is 368 g/mol. The number of fused-ring (bicyclic) bond motifs is 1. The maximum Gasteiger partial charge on any atom is 0.227 e. The molecule has 1 saturated heterocycles. The number of thioether (sulfide) groups is 1. The van der Waals surface area contributed by atoms with Crippen LogP contribution in [0.25, 0.3) is 10.8 Å². The highest BCUT2D eigenvalue weighted by molar-refractivity contribution is 7.99. The maximum absolute atomic E-state index is 12.9. The molecule has 1 aliphatic heterocycles. The lowest BCUT2D eigenvalue weighted by Gasteiger charge is -2.20. The van der Waals surface area contributed by atoms with Crippen LogP contribution in [0.5, 0.6) is 0 Å². The molecule has 1 aromatic heterocycles. The minimum absolute atomic E-state index is 0.254. The third kappa shape index (κ3) is 3.75. The number of rotatable bonds is 3. The Hall–Kier alpha value is -1.78. The van der Waals surface area contributed by atoms with E-state index >= 15 is 0 Å². The number of benzene rings is 2. The van der Waals surface area contributed by atoms with Crippen molar-refractivity contribution in [3.8, 4) is 0 Å². The molecule has 2 heterocycles. The standard InChI is InChI=1S/C21H21NOS2/c23-21(15-17-7-3-6-16-5-1-2-8-18(16)17)22-11-10-20(25-14-12-22)19-9-4-13-24-19/h1-9,13,20H,10-12,14-15H2. The summed E-state index contributed by atoms with van der Waals surface area (Å²) in [5.74, 6) is 1.27. The van der Waals surface area contributed by atoms with Gasteiger partial charge in [0.15, 0.2) is 0 Å². The van der Waals surface area contributed by atoms with E-state index in [-0.39, 0.29) is 5.91 Å². The summed E-state index contributed by atoms with van der Waals surface area (Å²) in [6.07, 6.45) is 1.54. The highest BCUT2D eigenvalue weighted by atomic mass is 32.2. The van der Waals surface area contributed by atoms with Crippen LogP contribution >= 0.6 is 23.1 Å². The minimum Gasteiger partial charge on any atom is -0.342 e. The molecule has 0 saturated carbocycles. The molecule has 1 unspecified atom stereocenters. The molecule has 1 amide bonds. The van der Waals surface area contributed by atoms with Crippen LogP contribution in [-0.4, -0.2) is 29.6 Å². The Kier molecular flexibility index (Phi) is 5.09. The van der Waals surface area contributed by atoms with Gasteiger partial charge in [-0.05, 0) is 34.2 Å². The van der Waals surface area contributed by atoms with Crippen LogP contribution in [0.2, 0.25) is 0 Å². The van der Waals surface area contributed by atoms with Crippen molar-refractivity contribution in [3.63, 3.8) is 0 Å². The van der Waals surface area contributed by atoms with Gasteiger partial charge in [0.05, 0.1) is 6.42 Å². The SMILES string of the molecule is O=C(Cc1cccc2ccccc12)N1CCSC(c2cccs2)CC1. The van der Waals surface area contributed by atoms with Gasteiger partial charge in [-0.1, -0.05) is 48.5 Å². The van der Waals surface area contributed by atoms with Crippen molar-refractivity contribution >= 4 is 39.8 Å². The number of thiophene rings is 1. The van der Waals surface area contributed by atoms with E-state index < -0.39 is 0 Å². The van der Waals surface area contributed by atoms with Crippen LogP contribution in [0.1, 0.15) is 22.1 Å². The maximum atomic E-state index is 12.9. The van der Waals surface area contributed by atoms with Crippen LogP contribution in [0.15, 0.2) is 60.0 Å². The van der Waals surface area contributed by atoms with Crippen molar-refractivity contribution in [1.29, 1.82) is 0 Å². The predicted octanol–water partition coefficient (Wildman–Crippen LogP) is 5.15. The van der Waals surface area contributed by atoms with Crippen molar-refractivity contribution in [2.24, 2.45) is 0 Å². The zero-order chi connectivity index (χ0) is 17.1. The van der Waals surface area contributed by atoms with E-state index in [1.165, 1.54) is 15.6 Å². The second-order valence-electron chi connectivity index (χ2n) is 6.36. The molecular weight excluding hydrogens is 346 g/mol. The lowest BCUT2D eigenvalue weighted by molar-refractivity contribution is -0.130. The molecular formula is C21H21NOS2. The monoisotopic (exact) mass is 367 g/mol. The first-order chi connectivity index (χ1) is 12.3. The Labute approximate surface area is 156 Å². The highest BCUT2D eigenvalue weighted by Gasteiger charge is 2.22. The van der Waals surface area contributed by atoms with Gasteiger partial charge in [-0.3, -0.25) is 4.79 Å². The number of amides is 1.